The minimum absolute atomic E-state index is 0.0906. The highest BCUT2D eigenvalue weighted by atomic mass is 127. The second-order valence-electron chi connectivity index (χ2n) is 9.10. The molecule has 0 radical (unpaired) electrons. The normalized spacial score (nSPS) is 21.4. The summed E-state index contributed by atoms with van der Waals surface area (Å²) in [6.45, 7) is 3.94. The van der Waals surface area contributed by atoms with Crippen LogP contribution in [0.4, 0.5) is 0 Å². The summed E-state index contributed by atoms with van der Waals surface area (Å²) in [5.74, 6) is 0.668. The number of rotatable bonds is 13. The Morgan fingerprint density at radius 3 is 2.67 bits per heavy atom. The lowest BCUT2D eigenvalue weighted by molar-refractivity contribution is -0.138. The van der Waals surface area contributed by atoms with Crippen molar-refractivity contribution in [1.82, 2.24) is 10.2 Å². The summed E-state index contributed by atoms with van der Waals surface area (Å²) >= 11 is 2.07. The number of hydrogen-bond acceptors (Lipinski definition) is 7. The van der Waals surface area contributed by atoms with E-state index in [1.54, 1.807) is 29.2 Å². The highest BCUT2D eigenvalue weighted by Gasteiger charge is 2.42. The summed E-state index contributed by atoms with van der Waals surface area (Å²) in [6.07, 6.45) is 4.26. The van der Waals surface area contributed by atoms with E-state index in [0.717, 1.165) is 12.8 Å². The number of aliphatic hydroxyl groups excluding tert-OH is 3. The quantitative estimate of drug-likeness (QED) is 0.198. The summed E-state index contributed by atoms with van der Waals surface area (Å²) in [5.41, 5.74) is 1.02. The van der Waals surface area contributed by atoms with Crippen molar-refractivity contribution < 1.29 is 34.4 Å². The molecule has 1 fully saturated rings. The maximum atomic E-state index is 13.2. The monoisotopic (exact) mass is 614 g/mol. The predicted molar refractivity (Wildman–Crippen MR) is 143 cm³/mol. The van der Waals surface area contributed by atoms with Gasteiger partial charge in [0.1, 0.15) is 12.2 Å². The fraction of sp³-hybridized carbons (Fsp3) is 0.538. The molecule has 0 aliphatic heterocycles. The summed E-state index contributed by atoms with van der Waals surface area (Å²) in [5, 5.41) is 32.8. The van der Waals surface area contributed by atoms with Gasteiger partial charge in [-0.25, -0.2) is 0 Å². The van der Waals surface area contributed by atoms with E-state index < -0.39 is 18.2 Å². The van der Waals surface area contributed by atoms with E-state index in [1.807, 2.05) is 0 Å². The standard InChI is InChI=1S/C26H35IN2O7/c1-3-4-5-23(32)29(14-16-6-7-16)20-12-18(26(34)28-8-9-30)13-21(24(20)33)36-25-19(27)10-17(15-31)11-22(25)35-2/h3,10-11,13,16,20-21,24,30-31,33H,1,4-9,12,14-15H2,2H3,(H,28,34)/t20-,21+,24+/m1/s1. The topological polar surface area (TPSA) is 129 Å². The van der Waals surface area contributed by atoms with Gasteiger partial charge in [0.05, 0.1) is 29.9 Å². The third-order valence-electron chi connectivity index (χ3n) is 6.37. The molecule has 0 spiro atoms. The van der Waals surface area contributed by atoms with Crippen LogP contribution < -0.4 is 14.8 Å². The molecule has 0 aromatic heterocycles. The van der Waals surface area contributed by atoms with Crippen molar-refractivity contribution in [2.24, 2.45) is 5.92 Å². The second-order valence-corrected chi connectivity index (χ2v) is 10.3. The van der Waals surface area contributed by atoms with Crippen molar-refractivity contribution in [3.63, 3.8) is 0 Å². The third-order valence-corrected chi connectivity index (χ3v) is 7.18. The van der Waals surface area contributed by atoms with Crippen LogP contribution in [-0.4, -0.2) is 77.1 Å². The number of aliphatic hydroxyl groups is 3. The minimum atomic E-state index is -1.09. The maximum absolute atomic E-state index is 13.2. The van der Waals surface area contributed by atoms with Crippen LogP contribution >= 0.6 is 22.6 Å². The fourth-order valence-corrected chi connectivity index (χ4v) is 5.06. The van der Waals surface area contributed by atoms with Crippen LogP contribution in [0.2, 0.25) is 0 Å². The zero-order valence-electron chi connectivity index (χ0n) is 20.5. The summed E-state index contributed by atoms with van der Waals surface area (Å²) in [7, 11) is 1.48. The Morgan fingerprint density at radius 1 is 1.31 bits per heavy atom. The highest BCUT2D eigenvalue weighted by Crippen LogP contribution is 2.38. The van der Waals surface area contributed by atoms with Crippen LogP contribution in [0.3, 0.4) is 0 Å². The van der Waals surface area contributed by atoms with E-state index in [-0.39, 0.29) is 44.4 Å². The van der Waals surface area contributed by atoms with E-state index in [2.05, 4.69) is 34.5 Å². The molecule has 9 nitrogen and oxygen atoms in total. The average Bonchev–Trinajstić information content (AvgIpc) is 3.70. The predicted octanol–water partition coefficient (Wildman–Crippen LogP) is 1.91. The lowest BCUT2D eigenvalue weighted by Crippen LogP contribution is -2.55. The smallest absolute Gasteiger partial charge is 0.247 e. The summed E-state index contributed by atoms with van der Waals surface area (Å²) < 4.78 is 12.4. The van der Waals surface area contributed by atoms with Crippen molar-refractivity contribution in [2.75, 3.05) is 26.8 Å². The molecule has 198 valence electrons. The van der Waals surface area contributed by atoms with Crippen LogP contribution in [0.25, 0.3) is 0 Å². The van der Waals surface area contributed by atoms with Crippen LogP contribution in [0.5, 0.6) is 11.5 Å². The van der Waals surface area contributed by atoms with Crippen LogP contribution in [0.1, 0.15) is 37.7 Å². The highest BCUT2D eigenvalue weighted by molar-refractivity contribution is 14.1. The first kappa shape index (κ1) is 28.4. The van der Waals surface area contributed by atoms with E-state index >= 15 is 0 Å². The van der Waals surface area contributed by atoms with Crippen molar-refractivity contribution >= 4 is 34.4 Å². The number of hydrogen-bond donors (Lipinski definition) is 4. The maximum Gasteiger partial charge on any atom is 0.247 e. The Balaban J connectivity index is 1.96. The third kappa shape index (κ3) is 7.21. The minimum Gasteiger partial charge on any atom is -0.493 e. The van der Waals surface area contributed by atoms with Gasteiger partial charge in [0, 0.05) is 31.5 Å². The summed E-state index contributed by atoms with van der Waals surface area (Å²) in [4.78, 5) is 27.8. The van der Waals surface area contributed by atoms with Gasteiger partial charge in [0.25, 0.3) is 0 Å². The molecular formula is C26H35IN2O7. The SMILES string of the molecule is C=CCCC(=O)N(CC1CC1)[C@@H]1CC(C(=O)NCCO)=C[C@H](Oc2c(I)cc(CO)cc2OC)[C@H]1O. The van der Waals surface area contributed by atoms with Gasteiger partial charge in [-0.3, -0.25) is 9.59 Å². The number of methoxy groups -OCH3 is 1. The number of amides is 2. The molecule has 3 atom stereocenters. The van der Waals surface area contributed by atoms with Gasteiger partial charge in [0.2, 0.25) is 11.8 Å². The number of nitrogens with zero attached hydrogens (tertiary/aromatic N) is 1. The Bertz CT molecular complexity index is 979. The lowest BCUT2D eigenvalue weighted by atomic mass is 9.87. The molecule has 2 aliphatic carbocycles. The molecule has 1 saturated carbocycles. The zero-order chi connectivity index (χ0) is 26.2. The molecule has 3 rings (SSSR count). The van der Waals surface area contributed by atoms with Crippen LogP contribution in [0.15, 0.2) is 36.4 Å². The van der Waals surface area contributed by atoms with Crippen molar-refractivity contribution in [2.45, 2.75) is 57.0 Å². The van der Waals surface area contributed by atoms with Gasteiger partial charge < -0.3 is 35.0 Å². The van der Waals surface area contributed by atoms with Gasteiger partial charge in [-0.05, 0) is 71.5 Å². The Kier molecular flexibility index (Phi) is 10.6. The molecule has 10 heteroatoms. The van der Waals surface area contributed by atoms with Crippen molar-refractivity contribution in [3.05, 3.63) is 45.6 Å². The largest absolute Gasteiger partial charge is 0.493 e. The van der Waals surface area contributed by atoms with E-state index in [9.17, 15) is 19.8 Å². The molecule has 1 aromatic rings. The molecule has 2 aliphatic rings. The Morgan fingerprint density at radius 2 is 2.06 bits per heavy atom. The molecule has 1 aromatic carbocycles. The number of allylic oxidation sites excluding steroid dienone is 1. The van der Waals surface area contributed by atoms with Crippen LogP contribution in [-0.2, 0) is 16.2 Å². The fourth-order valence-electron chi connectivity index (χ4n) is 4.26. The van der Waals surface area contributed by atoms with Crippen molar-refractivity contribution in [1.29, 1.82) is 0 Å². The van der Waals surface area contributed by atoms with Gasteiger partial charge in [-0.15, -0.1) is 6.58 Å². The van der Waals surface area contributed by atoms with Gasteiger partial charge in [0.15, 0.2) is 11.5 Å². The van der Waals surface area contributed by atoms with E-state index in [0.29, 0.717) is 45.1 Å². The molecule has 0 unspecified atom stereocenters. The average molecular weight is 614 g/mol. The van der Waals surface area contributed by atoms with Gasteiger partial charge in [-0.2, -0.15) is 0 Å². The zero-order valence-corrected chi connectivity index (χ0v) is 22.6. The first-order valence-electron chi connectivity index (χ1n) is 12.1. The molecule has 0 saturated heterocycles. The number of carbonyl (C=O) groups excluding carboxylic acids is 2. The van der Waals surface area contributed by atoms with Crippen LogP contribution in [0, 0.1) is 9.49 Å². The van der Waals surface area contributed by atoms with Gasteiger partial charge in [-0.1, -0.05) is 6.08 Å². The number of ether oxygens (including phenoxy) is 2. The first-order valence-corrected chi connectivity index (χ1v) is 13.2. The van der Waals surface area contributed by atoms with E-state index in [4.69, 9.17) is 14.6 Å². The van der Waals surface area contributed by atoms with E-state index in [1.165, 1.54) is 7.11 Å². The number of halogens is 1. The molecule has 36 heavy (non-hydrogen) atoms. The summed E-state index contributed by atoms with van der Waals surface area (Å²) in [6, 6.07) is 2.75. The molecule has 0 heterocycles. The Hall–Kier alpha value is -2.15. The second kappa shape index (κ2) is 13.4. The number of nitrogens with one attached hydrogen (secondary N) is 1. The Labute approximate surface area is 225 Å². The lowest BCUT2D eigenvalue weighted by Gasteiger charge is -2.41. The molecular weight excluding hydrogens is 579 g/mol. The van der Waals surface area contributed by atoms with Gasteiger partial charge >= 0.3 is 0 Å². The first-order chi connectivity index (χ1) is 17.3. The number of benzene rings is 1. The van der Waals surface area contributed by atoms with Crippen molar-refractivity contribution in [3.8, 4) is 11.5 Å². The molecule has 4 N–H and O–H groups in total. The number of carbonyl (C=O) groups is 2. The molecule has 2 amide bonds. The molecule has 0 bridgehead atoms.